The molecule has 0 saturated heterocycles. The van der Waals surface area contributed by atoms with E-state index in [1.165, 1.54) is 13.2 Å². The van der Waals surface area contributed by atoms with E-state index in [0.717, 1.165) is 0 Å². The lowest BCUT2D eigenvalue weighted by Crippen LogP contribution is -2.14. The summed E-state index contributed by atoms with van der Waals surface area (Å²) in [7, 11) is 1.36. The maximum absolute atomic E-state index is 10.3. The van der Waals surface area contributed by atoms with Crippen LogP contribution in [0.25, 0.3) is 0 Å². The van der Waals surface area contributed by atoms with E-state index in [9.17, 15) is 15.2 Å². The van der Waals surface area contributed by atoms with E-state index in [0.29, 0.717) is 11.1 Å². The second-order valence-corrected chi connectivity index (χ2v) is 3.60. The van der Waals surface area contributed by atoms with Gasteiger partial charge in [-0.1, -0.05) is 25.4 Å². The number of aromatic nitrogens is 1. The second kappa shape index (κ2) is 7.84. The van der Waals surface area contributed by atoms with Crippen LogP contribution < -0.4 is 4.74 Å². The molecule has 0 amide bonds. The van der Waals surface area contributed by atoms with Gasteiger partial charge in [0, 0.05) is 4.92 Å². The smallest absolute Gasteiger partial charge is 0.233 e. The van der Waals surface area contributed by atoms with E-state index in [1.54, 1.807) is 6.92 Å². The Morgan fingerprint density at radius 1 is 1.61 bits per heavy atom. The predicted octanol–water partition coefficient (Wildman–Crippen LogP) is 2.39. The molecule has 1 aromatic rings. The molecule has 102 valence electrons. The fourth-order valence-corrected chi connectivity index (χ4v) is 1.65. The quantitative estimate of drug-likeness (QED) is 0.518. The van der Waals surface area contributed by atoms with Crippen LogP contribution in [0, 0.1) is 17.0 Å². The van der Waals surface area contributed by atoms with Gasteiger partial charge >= 0.3 is 0 Å². The first kappa shape index (κ1) is 16.6. The lowest BCUT2D eigenvalue weighted by molar-refractivity contribution is -0.491. The maximum Gasteiger partial charge on any atom is 0.233 e. The number of hydrogen-bond donors (Lipinski definition) is 1. The van der Waals surface area contributed by atoms with Crippen molar-refractivity contribution in [3.05, 3.63) is 32.5 Å². The zero-order valence-corrected chi connectivity index (χ0v) is 11.6. The summed E-state index contributed by atoms with van der Waals surface area (Å²) in [6, 6.07) is 1.52. The van der Waals surface area contributed by atoms with Gasteiger partial charge in [0.05, 0.1) is 12.7 Å². The van der Waals surface area contributed by atoms with Gasteiger partial charge in [-0.15, -0.1) is 0 Å². The van der Waals surface area contributed by atoms with Crippen LogP contribution in [-0.2, 0) is 0 Å². The molecule has 0 aliphatic carbocycles. The molecule has 1 unspecified atom stereocenters. The molecule has 0 aliphatic heterocycles. The SMILES string of the molecule is CC.COc1nc(Cl)cc(C)c1C(O)C[N+](=O)[O-]. The number of nitro groups is 1. The Balaban J connectivity index is 0.00000137. The normalized spacial score (nSPS) is 11.2. The average molecular weight is 277 g/mol. The van der Waals surface area contributed by atoms with Gasteiger partial charge in [0.1, 0.15) is 11.3 Å². The van der Waals surface area contributed by atoms with Crippen molar-refractivity contribution in [1.29, 1.82) is 0 Å². The summed E-state index contributed by atoms with van der Waals surface area (Å²) in [4.78, 5) is 13.6. The molecule has 0 radical (unpaired) electrons. The highest BCUT2D eigenvalue weighted by Gasteiger charge is 2.22. The molecule has 0 aliphatic rings. The predicted molar refractivity (Wildman–Crippen MR) is 68.7 cm³/mol. The Morgan fingerprint density at radius 3 is 2.61 bits per heavy atom. The molecule has 0 spiro atoms. The van der Waals surface area contributed by atoms with E-state index in [1.807, 2.05) is 13.8 Å². The number of pyridine rings is 1. The number of nitrogens with zero attached hydrogens (tertiary/aromatic N) is 2. The van der Waals surface area contributed by atoms with E-state index in [4.69, 9.17) is 16.3 Å². The lowest BCUT2D eigenvalue weighted by atomic mass is 10.1. The minimum Gasteiger partial charge on any atom is -0.481 e. The van der Waals surface area contributed by atoms with Gasteiger partial charge in [0.15, 0.2) is 0 Å². The molecule has 7 heteroatoms. The van der Waals surface area contributed by atoms with Crippen LogP contribution in [-0.4, -0.2) is 28.7 Å². The molecule has 0 aromatic carbocycles. The fourth-order valence-electron chi connectivity index (χ4n) is 1.41. The van der Waals surface area contributed by atoms with Crippen LogP contribution >= 0.6 is 11.6 Å². The van der Waals surface area contributed by atoms with Crippen molar-refractivity contribution in [1.82, 2.24) is 4.98 Å². The standard InChI is InChI=1S/C9H11ClN2O4.C2H6/c1-5-3-7(10)11-9(16-2)8(5)6(13)4-12(14)15;1-2/h3,6,13H,4H2,1-2H3;1-2H3. The van der Waals surface area contributed by atoms with Gasteiger partial charge < -0.3 is 9.84 Å². The monoisotopic (exact) mass is 276 g/mol. The number of hydrogen-bond acceptors (Lipinski definition) is 5. The molecular formula is C11H17ClN2O4. The number of rotatable bonds is 4. The second-order valence-electron chi connectivity index (χ2n) is 3.22. The summed E-state index contributed by atoms with van der Waals surface area (Å²) in [5.74, 6) is 0.111. The van der Waals surface area contributed by atoms with Crippen molar-refractivity contribution >= 4 is 11.6 Å². The minimum atomic E-state index is -1.25. The summed E-state index contributed by atoms with van der Waals surface area (Å²) in [6.07, 6.45) is -1.25. The highest BCUT2D eigenvalue weighted by atomic mass is 35.5. The molecule has 1 atom stereocenters. The first-order valence-corrected chi connectivity index (χ1v) is 5.84. The molecule has 1 aromatic heterocycles. The number of halogens is 1. The summed E-state index contributed by atoms with van der Waals surface area (Å²) < 4.78 is 4.93. The largest absolute Gasteiger partial charge is 0.481 e. The molecule has 0 fully saturated rings. The van der Waals surface area contributed by atoms with E-state index in [2.05, 4.69) is 4.98 Å². The summed E-state index contributed by atoms with van der Waals surface area (Å²) in [5.41, 5.74) is 0.898. The number of aliphatic hydroxyl groups is 1. The van der Waals surface area contributed by atoms with Crippen molar-refractivity contribution in [3.8, 4) is 5.88 Å². The highest BCUT2D eigenvalue weighted by molar-refractivity contribution is 6.29. The fraction of sp³-hybridized carbons (Fsp3) is 0.545. The number of aliphatic hydroxyl groups excluding tert-OH is 1. The molecule has 0 saturated carbocycles. The van der Waals surface area contributed by atoms with Crippen molar-refractivity contribution in [3.63, 3.8) is 0 Å². The van der Waals surface area contributed by atoms with Crippen LogP contribution in [0.1, 0.15) is 31.1 Å². The first-order valence-electron chi connectivity index (χ1n) is 5.46. The van der Waals surface area contributed by atoms with Gasteiger partial charge in [-0.05, 0) is 18.6 Å². The van der Waals surface area contributed by atoms with Crippen LogP contribution in [0.4, 0.5) is 0 Å². The van der Waals surface area contributed by atoms with E-state index in [-0.39, 0.29) is 11.0 Å². The van der Waals surface area contributed by atoms with Crippen molar-refractivity contribution in [2.45, 2.75) is 26.9 Å². The molecule has 0 bridgehead atoms. The highest BCUT2D eigenvalue weighted by Crippen LogP contribution is 2.28. The van der Waals surface area contributed by atoms with Crippen molar-refractivity contribution in [2.24, 2.45) is 0 Å². The third-order valence-electron chi connectivity index (χ3n) is 2.05. The Kier molecular flexibility index (Phi) is 7.23. The Labute approximate surface area is 111 Å². The van der Waals surface area contributed by atoms with E-state index < -0.39 is 17.6 Å². The van der Waals surface area contributed by atoms with Gasteiger partial charge in [0.2, 0.25) is 12.4 Å². The van der Waals surface area contributed by atoms with Gasteiger partial charge in [-0.3, -0.25) is 10.1 Å². The molecule has 1 N–H and O–H groups in total. The maximum atomic E-state index is 10.3. The Morgan fingerprint density at radius 2 is 2.17 bits per heavy atom. The third-order valence-corrected chi connectivity index (χ3v) is 2.24. The van der Waals surface area contributed by atoms with Crippen LogP contribution in [0.15, 0.2) is 6.07 Å². The minimum absolute atomic E-state index is 0.111. The zero-order valence-electron chi connectivity index (χ0n) is 10.8. The summed E-state index contributed by atoms with van der Waals surface area (Å²) in [5, 5.41) is 20.2. The lowest BCUT2D eigenvalue weighted by Gasteiger charge is -2.13. The topological polar surface area (TPSA) is 85.5 Å². The average Bonchev–Trinajstić information content (AvgIpc) is 2.29. The van der Waals surface area contributed by atoms with Gasteiger partial charge in [-0.25, -0.2) is 4.98 Å². The van der Waals surface area contributed by atoms with Gasteiger partial charge in [0.25, 0.3) is 0 Å². The number of aryl methyl sites for hydroxylation is 1. The zero-order chi connectivity index (χ0) is 14.3. The van der Waals surface area contributed by atoms with Crippen LogP contribution in [0.5, 0.6) is 5.88 Å². The molecular weight excluding hydrogens is 260 g/mol. The number of ether oxygens (including phenoxy) is 1. The Hall–Kier alpha value is -1.40. The third kappa shape index (κ3) is 4.46. The molecule has 6 nitrogen and oxygen atoms in total. The first-order chi connectivity index (χ1) is 8.45. The number of methoxy groups -OCH3 is 1. The van der Waals surface area contributed by atoms with Crippen molar-refractivity contribution < 1.29 is 14.8 Å². The summed E-state index contributed by atoms with van der Waals surface area (Å²) in [6.45, 7) is 5.08. The molecule has 1 heterocycles. The molecule has 1 rings (SSSR count). The van der Waals surface area contributed by atoms with Crippen molar-refractivity contribution in [2.75, 3.05) is 13.7 Å². The van der Waals surface area contributed by atoms with Crippen LogP contribution in [0.3, 0.4) is 0 Å². The van der Waals surface area contributed by atoms with Gasteiger partial charge in [-0.2, -0.15) is 0 Å². The van der Waals surface area contributed by atoms with E-state index >= 15 is 0 Å². The Bertz CT molecular complexity index is 412. The summed E-state index contributed by atoms with van der Waals surface area (Å²) >= 11 is 5.70. The molecule has 18 heavy (non-hydrogen) atoms. The van der Waals surface area contributed by atoms with Crippen LogP contribution in [0.2, 0.25) is 5.15 Å².